The number of rotatable bonds is 15. The van der Waals surface area contributed by atoms with E-state index in [-0.39, 0.29) is 11.9 Å². The normalized spacial score (nSPS) is 12.0. The van der Waals surface area contributed by atoms with Gasteiger partial charge in [0.15, 0.2) is 0 Å². The minimum Gasteiger partial charge on any atom is -0.487 e. The molecular formula is C42H44N6O5. The van der Waals surface area contributed by atoms with Gasteiger partial charge in [0, 0.05) is 26.2 Å². The first-order valence-corrected chi connectivity index (χ1v) is 17.8. The molecule has 0 aliphatic carbocycles. The first kappa shape index (κ1) is 36.6. The molecule has 0 atom stereocenters. The van der Waals surface area contributed by atoms with Gasteiger partial charge >= 0.3 is 5.97 Å². The molecule has 0 spiro atoms. The number of hydrogen-bond donors (Lipinski definition) is 1. The Kier molecular flexibility index (Phi) is 13.0. The van der Waals surface area contributed by atoms with Crippen LogP contribution in [0.3, 0.4) is 0 Å². The molecule has 11 nitrogen and oxygen atoms in total. The molecule has 11 heteroatoms. The van der Waals surface area contributed by atoms with E-state index >= 15 is 0 Å². The van der Waals surface area contributed by atoms with Crippen LogP contribution in [0.2, 0.25) is 0 Å². The predicted molar refractivity (Wildman–Crippen MR) is 201 cm³/mol. The third-order valence-electron chi connectivity index (χ3n) is 8.38. The molecule has 4 aromatic carbocycles. The fourth-order valence-corrected chi connectivity index (χ4v) is 5.76. The monoisotopic (exact) mass is 712 g/mol. The first-order valence-electron chi connectivity index (χ1n) is 17.8. The number of hydrogen-bond acceptors (Lipinski definition) is 8. The third-order valence-corrected chi connectivity index (χ3v) is 8.38. The Morgan fingerprint density at radius 1 is 0.717 bits per heavy atom. The van der Waals surface area contributed by atoms with Gasteiger partial charge in [-0.25, -0.2) is 4.79 Å². The second kappa shape index (κ2) is 18.9. The maximum atomic E-state index is 12.7. The average Bonchev–Trinajstić information content (AvgIpc) is 3.83. The van der Waals surface area contributed by atoms with Crippen LogP contribution in [-0.4, -0.2) is 56.0 Å². The molecule has 6 aromatic rings. The highest BCUT2D eigenvalue weighted by Gasteiger charge is 2.26. The quantitative estimate of drug-likeness (QED) is 0.0943. The molecule has 2 aromatic heterocycles. The van der Waals surface area contributed by atoms with Gasteiger partial charge in [0.05, 0.1) is 19.7 Å². The van der Waals surface area contributed by atoms with Crippen molar-refractivity contribution >= 4 is 11.9 Å². The van der Waals surface area contributed by atoms with Crippen LogP contribution in [-0.2, 0) is 44.1 Å². The van der Waals surface area contributed by atoms with Crippen LogP contribution in [0.1, 0.15) is 50.4 Å². The number of esters is 1. The first-order chi connectivity index (χ1) is 26.1. The summed E-state index contributed by atoms with van der Waals surface area (Å²) in [4.78, 5) is 26.9. The summed E-state index contributed by atoms with van der Waals surface area (Å²) in [5.41, 5.74) is 4.88. The van der Waals surface area contributed by atoms with Crippen molar-refractivity contribution in [1.82, 2.24) is 29.8 Å². The van der Waals surface area contributed by atoms with E-state index in [0.29, 0.717) is 69.6 Å². The molecule has 1 N–H and O–H groups in total. The predicted octanol–water partition coefficient (Wildman–Crippen LogP) is 6.55. The highest BCUT2D eigenvalue weighted by molar-refractivity contribution is 5.93. The summed E-state index contributed by atoms with van der Waals surface area (Å²) in [6.45, 7) is 6.78. The van der Waals surface area contributed by atoms with Crippen molar-refractivity contribution in [2.75, 3.05) is 19.7 Å². The summed E-state index contributed by atoms with van der Waals surface area (Å²) in [7, 11) is 0. The van der Waals surface area contributed by atoms with E-state index in [2.05, 4.69) is 27.6 Å². The van der Waals surface area contributed by atoms with Crippen LogP contribution in [0.5, 0.6) is 11.5 Å². The standard InChI is InChI=1S/C22H25N3O3.C20H19N3O2/c1-2-27-22(26)21-15-19(17-28-20-11-7-4-8-12-20)24-25(21)14-13-23-16-18-9-5-3-6-10-18;24-20-19-13-17(15-25-18-9-5-2-6-10-18)21-23(19)12-11-22(20)14-16-7-3-1-4-8-16/h3-12,15,23H,2,13-14,16-17H2,1H3;1-10,13H,11-12,14-15H2. The number of nitrogens with one attached hydrogen (secondary N) is 1. The molecule has 1 amide bonds. The molecule has 3 heterocycles. The van der Waals surface area contributed by atoms with Gasteiger partial charge in [-0.15, -0.1) is 0 Å². The lowest BCUT2D eigenvalue weighted by Gasteiger charge is -2.27. The van der Waals surface area contributed by atoms with Crippen LogP contribution < -0.4 is 14.8 Å². The lowest BCUT2D eigenvalue weighted by Crippen LogP contribution is -2.39. The number of carbonyl (C=O) groups excluding carboxylic acids is 2. The minimum absolute atomic E-state index is 0.0218. The zero-order chi connectivity index (χ0) is 36.7. The molecule has 0 saturated heterocycles. The summed E-state index contributed by atoms with van der Waals surface area (Å²) in [6, 6.07) is 42.9. The number of para-hydroxylation sites is 2. The largest absolute Gasteiger partial charge is 0.487 e. The van der Waals surface area contributed by atoms with Gasteiger partial charge in [0.2, 0.25) is 0 Å². The van der Waals surface area contributed by atoms with Gasteiger partial charge in [-0.05, 0) is 54.4 Å². The van der Waals surface area contributed by atoms with E-state index in [1.165, 1.54) is 5.56 Å². The Labute approximate surface area is 309 Å². The van der Waals surface area contributed by atoms with Crippen molar-refractivity contribution in [2.24, 2.45) is 0 Å². The Balaban J connectivity index is 0.000000182. The number of aromatic nitrogens is 4. The van der Waals surface area contributed by atoms with E-state index in [1.807, 2.05) is 120 Å². The number of ether oxygens (including phenoxy) is 3. The van der Waals surface area contributed by atoms with Crippen molar-refractivity contribution in [2.45, 2.75) is 46.3 Å². The molecule has 0 radical (unpaired) electrons. The van der Waals surface area contributed by atoms with Crippen molar-refractivity contribution in [3.05, 3.63) is 167 Å². The highest BCUT2D eigenvalue weighted by atomic mass is 16.5. The molecule has 0 bridgehead atoms. The number of carbonyl (C=O) groups is 2. The van der Waals surface area contributed by atoms with Crippen molar-refractivity contribution in [3.63, 3.8) is 0 Å². The maximum Gasteiger partial charge on any atom is 0.356 e. The number of benzene rings is 4. The van der Waals surface area contributed by atoms with Crippen LogP contribution in [0.4, 0.5) is 0 Å². The molecule has 0 fully saturated rings. The van der Waals surface area contributed by atoms with Crippen molar-refractivity contribution in [3.8, 4) is 11.5 Å². The van der Waals surface area contributed by atoms with Crippen molar-refractivity contribution in [1.29, 1.82) is 0 Å². The van der Waals surface area contributed by atoms with Crippen LogP contribution in [0.25, 0.3) is 0 Å². The fraction of sp³-hybridized carbons (Fsp3) is 0.238. The van der Waals surface area contributed by atoms with Crippen LogP contribution >= 0.6 is 0 Å². The van der Waals surface area contributed by atoms with Gasteiger partial charge < -0.3 is 24.4 Å². The lowest BCUT2D eigenvalue weighted by atomic mass is 10.2. The Morgan fingerprint density at radius 3 is 1.89 bits per heavy atom. The summed E-state index contributed by atoms with van der Waals surface area (Å²) in [5, 5.41) is 12.4. The van der Waals surface area contributed by atoms with Gasteiger partial charge in [0.25, 0.3) is 5.91 Å². The summed E-state index contributed by atoms with van der Waals surface area (Å²) >= 11 is 0. The summed E-state index contributed by atoms with van der Waals surface area (Å²) < 4.78 is 20.1. The summed E-state index contributed by atoms with van der Waals surface area (Å²) in [6.07, 6.45) is 0. The van der Waals surface area contributed by atoms with Gasteiger partial charge in [-0.3, -0.25) is 14.2 Å². The SMILES string of the molecule is CCOC(=O)c1cc(COc2ccccc2)nn1CCNCc1ccccc1.O=C1c2cc(COc3ccccc3)nn2CCN1Cc1ccccc1. The van der Waals surface area contributed by atoms with Crippen LogP contribution in [0.15, 0.2) is 133 Å². The third kappa shape index (κ3) is 10.7. The van der Waals surface area contributed by atoms with Crippen LogP contribution in [0, 0.1) is 0 Å². The fourth-order valence-electron chi connectivity index (χ4n) is 5.76. The smallest absolute Gasteiger partial charge is 0.356 e. The topological polar surface area (TPSA) is 113 Å². The number of fused-ring (bicyclic) bond motifs is 1. The zero-order valence-electron chi connectivity index (χ0n) is 29.8. The zero-order valence-corrected chi connectivity index (χ0v) is 29.8. The minimum atomic E-state index is -0.371. The van der Waals surface area contributed by atoms with E-state index in [0.717, 1.165) is 29.3 Å². The summed E-state index contributed by atoms with van der Waals surface area (Å²) in [5.74, 6) is 1.21. The second-order valence-electron chi connectivity index (χ2n) is 12.3. The second-order valence-corrected chi connectivity index (χ2v) is 12.3. The van der Waals surface area contributed by atoms with Crippen molar-refractivity contribution < 1.29 is 23.8 Å². The van der Waals surface area contributed by atoms with Gasteiger partial charge in [-0.2, -0.15) is 10.2 Å². The van der Waals surface area contributed by atoms with E-state index in [1.54, 1.807) is 22.4 Å². The average molecular weight is 713 g/mol. The molecule has 272 valence electrons. The molecular weight excluding hydrogens is 668 g/mol. The number of amides is 1. The van der Waals surface area contributed by atoms with Gasteiger partial charge in [0.1, 0.15) is 47.5 Å². The molecule has 7 rings (SSSR count). The molecule has 0 unspecified atom stereocenters. The molecule has 53 heavy (non-hydrogen) atoms. The van der Waals surface area contributed by atoms with E-state index in [9.17, 15) is 9.59 Å². The highest BCUT2D eigenvalue weighted by Crippen LogP contribution is 2.18. The lowest BCUT2D eigenvalue weighted by molar-refractivity contribution is 0.0511. The molecule has 0 saturated carbocycles. The van der Waals surface area contributed by atoms with Gasteiger partial charge in [-0.1, -0.05) is 97.1 Å². The van der Waals surface area contributed by atoms with E-state index < -0.39 is 0 Å². The maximum absolute atomic E-state index is 12.7. The Morgan fingerprint density at radius 2 is 1.28 bits per heavy atom. The molecule has 1 aliphatic rings. The Bertz CT molecular complexity index is 2020. The molecule has 1 aliphatic heterocycles. The van der Waals surface area contributed by atoms with E-state index in [4.69, 9.17) is 14.2 Å². The number of nitrogens with zero attached hydrogens (tertiary/aromatic N) is 5. The Hall–Kier alpha value is -6.20.